The fourth-order valence-electron chi connectivity index (χ4n) is 2.09. The van der Waals surface area contributed by atoms with Gasteiger partial charge in [-0.25, -0.2) is 0 Å². The van der Waals surface area contributed by atoms with Crippen molar-refractivity contribution in [1.82, 2.24) is 0 Å². The lowest BCUT2D eigenvalue weighted by molar-refractivity contribution is -0.259. The van der Waals surface area contributed by atoms with Crippen molar-refractivity contribution in [2.45, 2.75) is 19.6 Å². The van der Waals surface area contributed by atoms with E-state index in [9.17, 15) is 9.13 Å². The van der Waals surface area contributed by atoms with Crippen molar-refractivity contribution in [2.75, 3.05) is 74.3 Å². The maximum atomic E-state index is 11.8. The lowest BCUT2D eigenvalue weighted by Gasteiger charge is -2.35. The first kappa shape index (κ1) is 31.3. The first-order valence-corrected chi connectivity index (χ1v) is 12.3. The summed E-state index contributed by atoms with van der Waals surface area (Å²) in [6.45, 7) is 4.29. The summed E-state index contributed by atoms with van der Waals surface area (Å²) in [6, 6.07) is 0. The molecule has 3 N–H and O–H groups in total. The normalized spacial score (nSPS) is 17.2. The van der Waals surface area contributed by atoms with Crippen LogP contribution >= 0.6 is 15.2 Å². The lowest BCUT2D eigenvalue weighted by atomic mass is 10.2. The summed E-state index contributed by atoms with van der Waals surface area (Å²) in [4.78, 5) is 0. The fraction of sp³-hybridized carbons (Fsp3) is 1.00. The minimum atomic E-state index is -3.09. The van der Waals surface area contributed by atoms with Crippen LogP contribution in [0.15, 0.2) is 0 Å². The Morgan fingerprint density at radius 1 is 0.897 bits per heavy atom. The molecule has 0 unspecified atom stereocenters. The van der Waals surface area contributed by atoms with E-state index in [1.54, 1.807) is 0 Å². The van der Waals surface area contributed by atoms with E-state index in [4.69, 9.17) is 33.8 Å². The van der Waals surface area contributed by atoms with Crippen LogP contribution < -0.4 is 0 Å². The number of hydrogen-bond acceptors (Lipinski definition) is 11. The first-order chi connectivity index (χ1) is 13.5. The Morgan fingerprint density at radius 2 is 1.28 bits per heavy atom. The van der Waals surface area contributed by atoms with Crippen LogP contribution in [0, 0.1) is 11.8 Å². The smallest absolute Gasteiger partial charge is 0.330 e. The summed E-state index contributed by atoms with van der Waals surface area (Å²) in [7, 11) is 0.281. The molecule has 178 valence electrons. The second-order valence-electron chi connectivity index (χ2n) is 6.44. The predicted molar refractivity (Wildman–Crippen MR) is 108 cm³/mol. The maximum Gasteiger partial charge on any atom is 0.330 e. The molecule has 0 aromatic rings. The van der Waals surface area contributed by atoms with Gasteiger partial charge in [-0.15, -0.1) is 0 Å². The molecule has 0 atom stereocenters. The average Bonchev–Trinajstić information content (AvgIpc) is 2.75. The molecular weight excluding hydrogens is 430 g/mol. The van der Waals surface area contributed by atoms with Gasteiger partial charge in [0.25, 0.3) is 0 Å². The van der Waals surface area contributed by atoms with E-state index in [1.807, 2.05) is 13.8 Å². The van der Waals surface area contributed by atoms with Crippen LogP contribution in [-0.2, 0) is 36.7 Å². The minimum absolute atomic E-state index is 0.0347. The molecule has 0 spiro atoms. The molecule has 0 bridgehead atoms. The largest absolute Gasteiger partial charge is 0.400 e. The summed E-state index contributed by atoms with van der Waals surface area (Å²) in [6.07, 6.45) is 0.364. The molecule has 0 saturated carbocycles. The van der Waals surface area contributed by atoms with Gasteiger partial charge in [0.15, 0.2) is 5.79 Å². The molecule has 0 aromatic heterocycles. The molecule has 1 saturated heterocycles. The SMILES string of the molecule is CO.COP(=O)(CC(CO)CO)OC.COP(=O)(CC1COC(C)(C)OC1)OC. The van der Waals surface area contributed by atoms with E-state index < -0.39 is 26.9 Å². The topological polar surface area (TPSA) is 150 Å². The third kappa shape index (κ3) is 13.2. The van der Waals surface area contributed by atoms with Gasteiger partial charge in [-0.3, -0.25) is 9.13 Å². The van der Waals surface area contributed by atoms with Gasteiger partial charge >= 0.3 is 15.2 Å². The first-order valence-electron chi connectivity index (χ1n) is 8.88. The molecule has 11 nitrogen and oxygen atoms in total. The number of ether oxygens (including phenoxy) is 2. The maximum absolute atomic E-state index is 11.8. The standard InChI is InChI=1S/C9H19O5P.C6H15O5P.CH4O/c1-9(2)13-5-8(6-14-9)7-15(10,11-3)12-4;1-10-12(9,11-2)5-6(3-7)4-8;1-2/h8H,5-7H2,1-4H3;6-8H,3-5H2,1-2H3;2H,1H3. The average molecular weight is 468 g/mol. The van der Waals surface area contributed by atoms with Gasteiger partial charge < -0.3 is 42.9 Å². The molecule has 0 aromatic carbocycles. The highest BCUT2D eigenvalue weighted by Crippen LogP contribution is 2.49. The van der Waals surface area contributed by atoms with Gasteiger partial charge in [-0.05, 0) is 13.8 Å². The summed E-state index contributed by atoms with van der Waals surface area (Å²) >= 11 is 0. The predicted octanol–water partition coefficient (Wildman–Crippen LogP) is 1.55. The zero-order valence-electron chi connectivity index (χ0n) is 18.4. The van der Waals surface area contributed by atoms with Crippen molar-refractivity contribution in [3.8, 4) is 0 Å². The van der Waals surface area contributed by atoms with Crippen LogP contribution in [0.2, 0.25) is 0 Å². The Morgan fingerprint density at radius 3 is 1.59 bits per heavy atom. The monoisotopic (exact) mass is 468 g/mol. The van der Waals surface area contributed by atoms with Gasteiger partial charge in [-0.2, -0.15) is 0 Å². The second kappa shape index (κ2) is 15.8. The van der Waals surface area contributed by atoms with Crippen molar-refractivity contribution in [2.24, 2.45) is 11.8 Å². The number of aliphatic hydroxyl groups excluding tert-OH is 3. The molecule has 1 rings (SSSR count). The molecular formula is C16H38O11P2. The van der Waals surface area contributed by atoms with Crippen LogP contribution in [0.4, 0.5) is 0 Å². The number of rotatable bonds is 10. The van der Waals surface area contributed by atoms with Crippen molar-refractivity contribution >= 4 is 15.2 Å². The zero-order chi connectivity index (χ0) is 23.1. The number of hydrogen-bond donors (Lipinski definition) is 3. The second-order valence-corrected chi connectivity index (χ2v) is 11.1. The van der Waals surface area contributed by atoms with Gasteiger partial charge in [-0.1, -0.05) is 0 Å². The van der Waals surface area contributed by atoms with Crippen molar-refractivity contribution in [3.05, 3.63) is 0 Å². The van der Waals surface area contributed by atoms with Crippen LogP contribution in [0.5, 0.6) is 0 Å². The summed E-state index contributed by atoms with van der Waals surface area (Å²) < 4.78 is 53.1. The summed E-state index contributed by atoms with van der Waals surface area (Å²) in [5.41, 5.74) is 0. The van der Waals surface area contributed by atoms with E-state index >= 15 is 0 Å². The molecule has 0 amide bonds. The van der Waals surface area contributed by atoms with Crippen molar-refractivity contribution in [3.63, 3.8) is 0 Å². The van der Waals surface area contributed by atoms with Gasteiger partial charge in [0, 0.05) is 60.6 Å². The Bertz CT molecular complexity index is 471. The van der Waals surface area contributed by atoms with Gasteiger partial charge in [0.1, 0.15) is 0 Å². The van der Waals surface area contributed by atoms with E-state index in [-0.39, 0.29) is 25.3 Å². The molecule has 1 fully saturated rings. The van der Waals surface area contributed by atoms with E-state index in [2.05, 4.69) is 9.05 Å². The molecule has 1 aliphatic heterocycles. The quantitative estimate of drug-likeness (QED) is 0.401. The molecule has 0 radical (unpaired) electrons. The Kier molecular flexibility index (Phi) is 17.1. The zero-order valence-corrected chi connectivity index (χ0v) is 20.2. The van der Waals surface area contributed by atoms with E-state index in [0.717, 1.165) is 7.11 Å². The molecule has 1 heterocycles. The van der Waals surface area contributed by atoms with Crippen LogP contribution in [-0.4, -0.2) is 95.4 Å². The third-order valence-electron chi connectivity index (χ3n) is 3.93. The molecule has 13 heteroatoms. The van der Waals surface area contributed by atoms with Gasteiger partial charge in [0.05, 0.1) is 25.5 Å². The molecule has 0 aliphatic carbocycles. The Hall–Kier alpha value is 0.1000. The highest BCUT2D eigenvalue weighted by Gasteiger charge is 2.34. The number of aliphatic hydroxyl groups is 3. The molecule has 29 heavy (non-hydrogen) atoms. The summed E-state index contributed by atoms with van der Waals surface area (Å²) in [5, 5.41) is 24.4. The highest BCUT2D eigenvalue weighted by atomic mass is 31.2. The third-order valence-corrected chi connectivity index (χ3v) is 8.08. The lowest BCUT2D eigenvalue weighted by Crippen LogP contribution is -2.40. The Labute approximate surface area is 173 Å². The van der Waals surface area contributed by atoms with Crippen LogP contribution in [0.3, 0.4) is 0 Å². The van der Waals surface area contributed by atoms with E-state index in [0.29, 0.717) is 19.4 Å². The van der Waals surface area contributed by atoms with Crippen molar-refractivity contribution in [1.29, 1.82) is 0 Å². The Balaban J connectivity index is 0. The highest BCUT2D eigenvalue weighted by molar-refractivity contribution is 7.54. The minimum Gasteiger partial charge on any atom is -0.400 e. The van der Waals surface area contributed by atoms with Gasteiger partial charge in [0.2, 0.25) is 0 Å². The van der Waals surface area contributed by atoms with Crippen LogP contribution in [0.25, 0.3) is 0 Å². The fourth-order valence-corrected chi connectivity index (χ4v) is 4.69. The van der Waals surface area contributed by atoms with Crippen molar-refractivity contribution < 1.29 is 52.0 Å². The molecule has 1 aliphatic rings. The van der Waals surface area contributed by atoms with E-state index in [1.165, 1.54) is 28.4 Å². The van der Waals surface area contributed by atoms with Crippen LogP contribution in [0.1, 0.15) is 13.8 Å². The summed E-state index contributed by atoms with van der Waals surface area (Å²) in [5.74, 6) is -0.930.